The van der Waals surface area contributed by atoms with Crippen LogP contribution in [0.5, 0.6) is 17.2 Å². The first-order valence-corrected chi connectivity index (χ1v) is 8.44. The number of hydrogen-bond acceptors (Lipinski definition) is 8. The fraction of sp³-hybridized carbons (Fsp3) is 0.500. The van der Waals surface area contributed by atoms with Gasteiger partial charge in [0.2, 0.25) is 15.8 Å². The van der Waals surface area contributed by atoms with Crippen molar-refractivity contribution in [2.24, 2.45) is 0 Å². The minimum Gasteiger partial charge on any atom is -0.545 e. The fourth-order valence-electron chi connectivity index (χ4n) is 2.45. The van der Waals surface area contributed by atoms with Crippen molar-refractivity contribution >= 4 is 16.0 Å². The molecule has 0 atom stereocenters. The Morgan fingerprint density at radius 2 is 1.62 bits per heavy atom. The minimum atomic E-state index is -4.02. The summed E-state index contributed by atoms with van der Waals surface area (Å²) in [6.45, 7) is 0.811. The molecule has 24 heavy (non-hydrogen) atoms. The summed E-state index contributed by atoms with van der Waals surface area (Å²) in [6, 6.07) is 0.959. The molecule has 1 saturated heterocycles. The minimum absolute atomic E-state index is 0.131. The molecule has 10 heteroatoms. The maximum absolute atomic E-state index is 12.9. The second kappa shape index (κ2) is 7.24. The molecule has 0 unspecified atom stereocenters. The molecule has 1 heterocycles. The van der Waals surface area contributed by atoms with Crippen molar-refractivity contribution in [1.82, 2.24) is 4.31 Å². The van der Waals surface area contributed by atoms with Crippen molar-refractivity contribution in [3.63, 3.8) is 0 Å². The number of rotatable bonds is 6. The Bertz CT molecular complexity index is 725. The van der Waals surface area contributed by atoms with Crippen molar-refractivity contribution in [2.75, 3.05) is 47.6 Å². The van der Waals surface area contributed by atoms with Gasteiger partial charge < -0.3 is 28.8 Å². The topological polar surface area (TPSA) is 114 Å². The zero-order valence-electron chi connectivity index (χ0n) is 13.5. The zero-order valence-corrected chi connectivity index (χ0v) is 14.3. The van der Waals surface area contributed by atoms with Crippen LogP contribution >= 0.6 is 0 Å². The summed E-state index contributed by atoms with van der Waals surface area (Å²) in [5.74, 6) is -2.03. The SMILES string of the molecule is COc1c(C(=O)[O-])cc(S(=O)(=O)N2CCOCC2)c(OC)c1OC. The fourth-order valence-corrected chi connectivity index (χ4v) is 4.04. The van der Waals surface area contributed by atoms with E-state index in [2.05, 4.69) is 0 Å². The number of carbonyl (C=O) groups excluding carboxylic acids is 1. The number of carboxylic acids is 1. The van der Waals surface area contributed by atoms with Crippen LogP contribution in [0.15, 0.2) is 11.0 Å². The lowest BCUT2D eigenvalue weighted by Crippen LogP contribution is -2.40. The van der Waals surface area contributed by atoms with Crippen LogP contribution in [-0.4, -0.2) is 66.3 Å². The first-order chi connectivity index (χ1) is 11.4. The third-order valence-corrected chi connectivity index (χ3v) is 5.48. The van der Waals surface area contributed by atoms with Gasteiger partial charge in [-0.15, -0.1) is 0 Å². The van der Waals surface area contributed by atoms with Crippen molar-refractivity contribution in [2.45, 2.75) is 4.90 Å². The number of nitrogens with zero attached hydrogens (tertiary/aromatic N) is 1. The Kier molecular flexibility index (Phi) is 5.52. The number of hydrogen-bond donors (Lipinski definition) is 0. The molecule has 0 amide bonds. The Balaban J connectivity index is 2.72. The Labute approximate surface area is 139 Å². The molecular weight excluding hydrogens is 342 g/mol. The smallest absolute Gasteiger partial charge is 0.247 e. The predicted octanol–water partition coefficient (Wildman–Crippen LogP) is -0.903. The molecule has 0 spiro atoms. The summed E-state index contributed by atoms with van der Waals surface area (Å²) in [5, 5.41) is 11.4. The van der Waals surface area contributed by atoms with E-state index in [1.54, 1.807) is 0 Å². The summed E-state index contributed by atoms with van der Waals surface area (Å²) in [4.78, 5) is 11.1. The van der Waals surface area contributed by atoms with Gasteiger partial charge in [-0.3, -0.25) is 0 Å². The zero-order chi connectivity index (χ0) is 17.9. The summed E-state index contributed by atoms with van der Waals surface area (Å²) in [6.07, 6.45) is 0. The van der Waals surface area contributed by atoms with Crippen molar-refractivity contribution < 1.29 is 37.3 Å². The largest absolute Gasteiger partial charge is 0.545 e. The van der Waals surface area contributed by atoms with Crippen LogP contribution in [0.1, 0.15) is 10.4 Å². The van der Waals surface area contributed by atoms with Gasteiger partial charge in [0, 0.05) is 18.7 Å². The number of sulfonamides is 1. The van der Waals surface area contributed by atoms with E-state index in [1.807, 2.05) is 0 Å². The van der Waals surface area contributed by atoms with E-state index in [4.69, 9.17) is 18.9 Å². The lowest BCUT2D eigenvalue weighted by molar-refractivity contribution is -0.255. The number of methoxy groups -OCH3 is 3. The Morgan fingerprint density at radius 3 is 2.08 bits per heavy atom. The van der Waals surface area contributed by atoms with Gasteiger partial charge >= 0.3 is 0 Å². The molecule has 0 aromatic heterocycles. The molecule has 134 valence electrons. The highest BCUT2D eigenvalue weighted by atomic mass is 32.2. The van der Waals surface area contributed by atoms with Gasteiger partial charge in [-0.2, -0.15) is 4.31 Å². The molecule has 0 aliphatic carbocycles. The van der Waals surface area contributed by atoms with Crippen LogP contribution in [0.3, 0.4) is 0 Å². The summed E-state index contributed by atoms with van der Waals surface area (Å²) >= 11 is 0. The van der Waals surface area contributed by atoms with Crippen LogP contribution in [0.4, 0.5) is 0 Å². The second-order valence-corrected chi connectivity index (χ2v) is 6.73. The number of morpholine rings is 1. The van der Waals surface area contributed by atoms with Crippen LogP contribution in [0, 0.1) is 0 Å². The molecule has 1 fully saturated rings. The van der Waals surface area contributed by atoms with Gasteiger partial charge in [0.1, 0.15) is 4.90 Å². The van der Waals surface area contributed by atoms with E-state index in [1.165, 1.54) is 25.6 Å². The Morgan fingerprint density at radius 1 is 1.08 bits per heavy atom. The van der Waals surface area contributed by atoms with Gasteiger partial charge in [-0.1, -0.05) is 0 Å². The quantitative estimate of drug-likeness (QED) is 0.641. The van der Waals surface area contributed by atoms with Gasteiger partial charge in [0.15, 0.2) is 11.5 Å². The third-order valence-electron chi connectivity index (χ3n) is 3.58. The second-order valence-electron chi connectivity index (χ2n) is 4.83. The molecule has 1 aliphatic rings. The van der Waals surface area contributed by atoms with Crippen LogP contribution < -0.4 is 19.3 Å². The van der Waals surface area contributed by atoms with E-state index in [-0.39, 0.29) is 48.4 Å². The van der Waals surface area contributed by atoms with E-state index in [9.17, 15) is 18.3 Å². The van der Waals surface area contributed by atoms with Crippen molar-refractivity contribution in [3.8, 4) is 17.2 Å². The first kappa shape index (κ1) is 18.3. The number of carbonyl (C=O) groups is 1. The molecule has 0 saturated carbocycles. The molecule has 1 aromatic carbocycles. The van der Waals surface area contributed by atoms with Gasteiger partial charge in [-0.05, 0) is 6.07 Å². The van der Waals surface area contributed by atoms with Crippen LogP contribution in [0.2, 0.25) is 0 Å². The molecule has 9 nitrogen and oxygen atoms in total. The molecule has 1 aromatic rings. The average molecular weight is 360 g/mol. The molecule has 2 rings (SSSR count). The molecule has 0 bridgehead atoms. The summed E-state index contributed by atoms with van der Waals surface area (Å²) < 4.78 is 47.4. The van der Waals surface area contributed by atoms with E-state index < -0.39 is 21.6 Å². The molecule has 0 N–H and O–H groups in total. The Hall–Kier alpha value is -2.04. The number of carboxylic acid groups (broad SMARTS) is 1. The molecule has 1 aliphatic heterocycles. The first-order valence-electron chi connectivity index (χ1n) is 7.00. The number of ether oxygens (including phenoxy) is 4. The standard InChI is InChI=1S/C14H19NO8S/c1-20-11-9(14(16)17)8-10(12(21-2)13(11)22-3)24(18,19)15-4-6-23-7-5-15/h8H,4-7H2,1-3H3,(H,16,17)/p-1. The summed E-state index contributed by atoms with van der Waals surface area (Å²) in [7, 11) is -0.268. The van der Waals surface area contributed by atoms with Gasteiger partial charge in [0.25, 0.3) is 0 Å². The normalized spacial score (nSPS) is 15.8. The highest BCUT2D eigenvalue weighted by Crippen LogP contribution is 2.45. The highest BCUT2D eigenvalue weighted by molar-refractivity contribution is 7.89. The van der Waals surface area contributed by atoms with Gasteiger partial charge in [-0.25, -0.2) is 8.42 Å². The third kappa shape index (κ3) is 3.12. The van der Waals surface area contributed by atoms with Crippen LogP contribution in [0.25, 0.3) is 0 Å². The lowest BCUT2D eigenvalue weighted by atomic mass is 10.1. The number of aromatic carboxylic acids is 1. The van der Waals surface area contributed by atoms with E-state index in [0.29, 0.717) is 0 Å². The lowest BCUT2D eigenvalue weighted by Gasteiger charge is -2.28. The predicted molar refractivity (Wildman–Crippen MR) is 80.0 cm³/mol. The summed E-state index contributed by atoms with van der Waals surface area (Å²) in [5.41, 5.74) is -0.443. The monoisotopic (exact) mass is 360 g/mol. The van der Waals surface area contributed by atoms with E-state index >= 15 is 0 Å². The maximum atomic E-state index is 12.9. The average Bonchev–Trinajstić information content (AvgIpc) is 2.60. The molecule has 0 radical (unpaired) electrons. The van der Waals surface area contributed by atoms with Gasteiger partial charge in [0.05, 0.1) is 40.5 Å². The molecular formula is C14H18NO8S-. The van der Waals surface area contributed by atoms with Crippen molar-refractivity contribution in [1.29, 1.82) is 0 Å². The number of benzene rings is 1. The maximum Gasteiger partial charge on any atom is 0.247 e. The van der Waals surface area contributed by atoms with Crippen LogP contribution in [-0.2, 0) is 14.8 Å². The van der Waals surface area contributed by atoms with E-state index in [0.717, 1.165) is 6.07 Å². The van der Waals surface area contributed by atoms with Crippen molar-refractivity contribution in [3.05, 3.63) is 11.6 Å². The highest BCUT2D eigenvalue weighted by Gasteiger charge is 2.33.